The highest BCUT2D eigenvalue weighted by atomic mass is 16.6. The monoisotopic (exact) mass is 381 g/mol. The molecule has 0 radical (unpaired) electrons. The van der Waals surface area contributed by atoms with Crippen molar-refractivity contribution in [1.29, 1.82) is 0 Å². The number of carbonyl (C=O) groups excluding carboxylic acids is 2. The van der Waals surface area contributed by atoms with E-state index in [0.29, 0.717) is 51.6 Å². The van der Waals surface area contributed by atoms with Gasteiger partial charge in [0.1, 0.15) is 5.60 Å². The first kappa shape index (κ1) is 22.9. The summed E-state index contributed by atoms with van der Waals surface area (Å²) in [6, 6.07) is 7.16. The Labute approximate surface area is 160 Å². The molecule has 0 aliphatic rings. The van der Waals surface area contributed by atoms with Gasteiger partial charge in [0.2, 0.25) is 0 Å². The minimum Gasteiger partial charge on any atom is -0.444 e. The maximum absolute atomic E-state index is 11.9. The molecule has 0 atom stereocenters. The zero-order chi connectivity index (χ0) is 20.1. The lowest BCUT2D eigenvalue weighted by Crippen LogP contribution is -2.34. The number of amides is 2. The minimum absolute atomic E-state index is 0.147. The summed E-state index contributed by atoms with van der Waals surface area (Å²) in [5.41, 5.74) is 6.59. The largest absolute Gasteiger partial charge is 0.444 e. The molecule has 0 bridgehead atoms. The molecule has 1 aromatic rings. The van der Waals surface area contributed by atoms with Crippen LogP contribution in [0.15, 0.2) is 24.3 Å². The van der Waals surface area contributed by atoms with Crippen LogP contribution in [0.4, 0.5) is 4.79 Å². The Morgan fingerprint density at radius 1 is 0.926 bits per heavy atom. The summed E-state index contributed by atoms with van der Waals surface area (Å²) >= 11 is 0. The van der Waals surface area contributed by atoms with Gasteiger partial charge in [0.25, 0.3) is 5.91 Å². The zero-order valence-corrected chi connectivity index (χ0v) is 16.4. The molecule has 4 N–H and O–H groups in total. The van der Waals surface area contributed by atoms with Crippen LogP contribution in [0.5, 0.6) is 0 Å². The Balaban J connectivity index is 1.97. The van der Waals surface area contributed by atoms with Crippen LogP contribution in [0.25, 0.3) is 0 Å². The predicted molar refractivity (Wildman–Crippen MR) is 103 cm³/mol. The van der Waals surface area contributed by atoms with E-state index in [2.05, 4.69) is 10.6 Å². The average Bonchev–Trinajstić information content (AvgIpc) is 2.61. The third kappa shape index (κ3) is 11.2. The van der Waals surface area contributed by atoms with Gasteiger partial charge in [-0.15, -0.1) is 0 Å². The molecule has 0 aliphatic heterocycles. The maximum atomic E-state index is 11.9. The number of hydrogen-bond donors (Lipinski definition) is 3. The summed E-state index contributed by atoms with van der Waals surface area (Å²) < 4.78 is 15.8. The van der Waals surface area contributed by atoms with Crippen LogP contribution < -0.4 is 16.4 Å². The summed E-state index contributed by atoms with van der Waals surface area (Å²) in [4.78, 5) is 23.3. The van der Waals surface area contributed by atoms with Gasteiger partial charge in [-0.2, -0.15) is 0 Å². The molecular weight excluding hydrogens is 350 g/mol. The minimum atomic E-state index is -0.512. The summed E-state index contributed by atoms with van der Waals surface area (Å²) in [5, 5.41) is 5.39. The SMILES string of the molecule is CC(C)(C)OC(=O)NCCOCCOCCNC(=O)c1ccc(CN)cc1. The molecule has 0 heterocycles. The zero-order valence-electron chi connectivity index (χ0n) is 16.4. The van der Waals surface area contributed by atoms with Crippen molar-refractivity contribution in [3.8, 4) is 0 Å². The first-order valence-electron chi connectivity index (χ1n) is 9.01. The third-order valence-electron chi connectivity index (χ3n) is 3.27. The number of hydrogen-bond acceptors (Lipinski definition) is 6. The van der Waals surface area contributed by atoms with Gasteiger partial charge in [-0.3, -0.25) is 4.79 Å². The lowest BCUT2D eigenvalue weighted by molar-refractivity contribution is 0.0400. The molecule has 0 saturated carbocycles. The molecule has 8 heteroatoms. The first-order chi connectivity index (χ1) is 12.8. The molecular formula is C19H31N3O5. The van der Waals surface area contributed by atoms with Gasteiger partial charge >= 0.3 is 6.09 Å². The van der Waals surface area contributed by atoms with E-state index < -0.39 is 11.7 Å². The van der Waals surface area contributed by atoms with Crippen molar-refractivity contribution in [1.82, 2.24) is 10.6 Å². The van der Waals surface area contributed by atoms with Crippen molar-refractivity contribution in [3.05, 3.63) is 35.4 Å². The van der Waals surface area contributed by atoms with E-state index >= 15 is 0 Å². The van der Waals surface area contributed by atoms with Crippen molar-refractivity contribution in [2.75, 3.05) is 39.5 Å². The molecule has 2 amide bonds. The van der Waals surface area contributed by atoms with E-state index in [1.54, 1.807) is 32.9 Å². The van der Waals surface area contributed by atoms with Crippen molar-refractivity contribution < 1.29 is 23.8 Å². The van der Waals surface area contributed by atoms with Crippen LogP contribution >= 0.6 is 0 Å². The van der Waals surface area contributed by atoms with Gasteiger partial charge in [0, 0.05) is 25.2 Å². The maximum Gasteiger partial charge on any atom is 0.407 e. The molecule has 27 heavy (non-hydrogen) atoms. The molecule has 0 spiro atoms. The van der Waals surface area contributed by atoms with E-state index in [-0.39, 0.29) is 5.91 Å². The quantitative estimate of drug-likeness (QED) is 0.500. The molecule has 1 rings (SSSR count). The lowest BCUT2D eigenvalue weighted by Gasteiger charge is -2.19. The number of ether oxygens (including phenoxy) is 3. The van der Waals surface area contributed by atoms with Crippen LogP contribution in [0, 0.1) is 0 Å². The Hall–Kier alpha value is -2.16. The highest BCUT2D eigenvalue weighted by Crippen LogP contribution is 2.06. The van der Waals surface area contributed by atoms with Gasteiger partial charge in [-0.05, 0) is 38.5 Å². The van der Waals surface area contributed by atoms with Crippen LogP contribution in [0.1, 0.15) is 36.7 Å². The van der Waals surface area contributed by atoms with Crippen LogP contribution in [-0.4, -0.2) is 57.1 Å². The van der Waals surface area contributed by atoms with Crippen LogP contribution in [0.2, 0.25) is 0 Å². The van der Waals surface area contributed by atoms with Gasteiger partial charge in [0.15, 0.2) is 0 Å². The molecule has 0 aliphatic carbocycles. The summed E-state index contributed by atoms with van der Waals surface area (Å²) in [7, 11) is 0. The van der Waals surface area contributed by atoms with Crippen molar-refractivity contribution in [2.45, 2.75) is 32.9 Å². The van der Waals surface area contributed by atoms with Crippen molar-refractivity contribution in [3.63, 3.8) is 0 Å². The molecule has 0 unspecified atom stereocenters. The van der Waals surface area contributed by atoms with Gasteiger partial charge in [-0.25, -0.2) is 4.79 Å². The summed E-state index contributed by atoms with van der Waals surface area (Å²) in [6.45, 7) is 8.24. The fourth-order valence-electron chi connectivity index (χ4n) is 1.99. The molecule has 0 aromatic heterocycles. The number of carbonyl (C=O) groups is 2. The number of benzene rings is 1. The Morgan fingerprint density at radius 3 is 2.00 bits per heavy atom. The highest BCUT2D eigenvalue weighted by Gasteiger charge is 2.15. The second-order valence-electron chi connectivity index (χ2n) is 6.81. The summed E-state index contributed by atoms with van der Waals surface area (Å²) in [5.74, 6) is -0.147. The lowest BCUT2D eigenvalue weighted by atomic mass is 10.1. The van der Waals surface area contributed by atoms with Crippen LogP contribution in [-0.2, 0) is 20.8 Å². The number of rotatable bonds is 11. The molecule has 0 saturated heterocycles. The topological polar surface area (TPSA) is 112 Å². The first-order valence-corrected chi connectivity index (χ1v) is 9.01. The van der Waals surface area contributed by atoms with E-state index in [9.17, 15) is 9.59 Å². The Kier molecular flexibility index (Phi) is 10.4. The standard InChI is InChI=1S/C19H31N3O5/c1-19(2,3)27-18(24)22-9-11-26-13-12-25-10-8-21-17(23)16-6-4-15(14-20)5-7-16/h4-7H,8-14,20H2,1-3H3,(H,21,23)(H,22,24). The van der Waals surface area contributed by atoms with Gasteiger partial charge < -0.3 is 30.6 Å². The third-order valence-corrected chi connectivity index (χ3v) is 3.27. The van der Waals surface area contributed by atoms with Crippen molar-refractivity contribution >= 4 is 12.0 Å². The average molecular weight is 381 g/mol. The normalized spacial score (nSPS) is 11.1. The highest BCUT2D eigenvalue weighted by molar-refractivity contribution is 5.94. The van der Waals surface area contributed by atoms with Gasteiger partial charge in [-0.1, -0.05) is 12.1 Å². The van der Waals surface area contributed by atoms with Crippen LogP contribution in [0.3, 0.4) is 0 Å². The van der Waals surface area contributed by atoms with E-state index in [1.165, 1.54) is 0 Å². The molecule has 8 nitrogen and oxygen atoms in total. The predicted octanol–water partition coefficient (Wildman–Crippen LogP) is 1.43. The van der Waals surface area contributed by atoms with E-state index in [1.807, 2.05) is 12.1 Å². The molecule has 152 valence electrons. The second kappa shape index (κ2) is 12.3. The smallest absolute Gasteiger partial charge is 0.407 e. The Morgan fingerprint density at radius 2 is 1.48 bits per heavy atom. The number of alkyl carbamates (subject to hydrolysis) is 1. The fourth-order valence-corrected chi connectivity index (χ4v) is 1.99. The number of nitrogens with two attached hydrogens (primary N) is 1. The van der Waals surface area contributed by atoms with Crippen molar-refractivity contribution in [2.24, 2.45) is 5.73 Å². The fraction of sp³-hybridized carbons (Fsp3) is 0.579. The molecule has 0 fully saturated rings. The van der Waals surface area contributed by atoms with E-state index in [4.69, 9.17) is 19.9 Å². The molecule has 1 aromatic carbocycles. The Bertz CT molecular complexity index is 570. The summed E-state index contributed by atoms with van der Waals surface area (Å²) in [6.07, 6.45) is -0.462. The second-order valence-corrected chi connectivity index (χ2v) is 6.81. The van der Waals surface area contributed by atoms with E-state index in [0.717, 1.165) is 5.56 Å². The number of nitrogens with one attached hydrogen (secondary N) is 2. The van der Waals surface area contributed by atoms with Gasteiger partial charge in [0.05, 0.1) is 26.4 Å².